The lowest BCUT2D eigenvalue weighted by molar-refractivity contribution is -0.159. The van der Waals surface area contributed by atoms with E-state index in [2.05, 4.69) is 21.4 Å². The number of aromatic nitrogens is 5. The van der Waals surface area contributed by atoms with Crippen molar-refractivity contribution in [2.45, 2.75) is 13.0 Å². The molecule has 0 aliphatic rings. The minimum absolute atomic E-state index is 0.0805. The molecule has 2 N–H and O–H groups in total. The third-order valence-electron chi connectivity index (χ3n) is 4.69. The lowest BCUT2D eigenvalue weighted by Crippen LogP contribution is -2.11. The van der Waals surface area contributed by atoms with Gasteiger partial charge in [-0.25, -0.2) is 24.0 Å². The first-order valence-electron chi connectivity index (χ1n) is 9.81. The van der Waals surface area contributed by atoms with E-state index >= 15 is 0 Å². The molecule has 0 fully saturated rings. The lowest BCUT2D eigenvalue weighted by Gasteiger charge is -2.20. The number of hydrogen-bond acceptors (Lipinski definition) is 7. The number of esters is 1. The lowest BCUT2D eigenvalue weighted by atomic mass is 9.97. The van der Waals surface area contributed by atoms with Crippen LogP contribution in [0, 0.1) is 0 Å². The van der Waals surface area contributed by atoms with Crippen LogP contribution in [0.25, 0.3) is 11.0 Å². The molecule has 2 heterocycles. The second-order valence-corrected chi connectivity index (χ2v) is 6.83. The van der Waals surface area contributed by atoms with Crippen LogP contribution in [-0.2, 0) is 21.4 Å². The largest absolute Gasteiger partial charge is 0.473 e. The van der Waals surface area contributed by atoms with Crippen LogP contribution in [0.5, 0.6) is 0 Å². The number of carbonyl (C=O) groups excluding carboxylic acids is 1. The molecular weight excluding hydrogens is 430 g/mol. The number of carbonyl (C=O) groups is 3. The van der Waals surface area contributed by atoms with Gasteiger partial charge in [0.15, 0.2) is 0 Å². The second kappa shape index (κ2) is 10.2. The smallest absolute Gasteiger partial charge is 0.414 e. The number of ether oxygens (including phenoxy) is 1. The average molecular weight is 451 g/mol. The number of carboxylic acid groups (broad SMARTS) is 2. The van der Waals surface area contributed by atoms with E-state index in [1.54, 1.807) is 36.3 Å². The summed E-state index contributed by atoms with van der Waals surface area (Å²) >= 11 is 0. The summed E-state index contributed by atoms with van der Waals surface area (Å²) in [4.78, 5) is 34.3. The summed E-state index contributed by atoms with van der Waals surface area (Å²) in [5.41, 5.74) is 4.46. The maximum absolute atomic E-state index is 11.9. The minimum atomic E-state index is -1.82. The predicted octanol–water partition coefficient (Wildman–Crippen LogP) is 2.13. The fourth-order valence-corrected chi connectivity index (χ4v) is 3.19. The Morgan fingerprint density at radius 3 is 2.27 bits per heavy atom. The Morgan fingerprint density at radius 2 is 1.70 bits per heavy atom. The monoisotopic (exact) mass is 451 g/mol. The second-order valence-electron chi connectivity index (χ2n) is 6.83. The number of rotatable bonds is 5. The summed E-state index contributed by atoms with van der Waals surface area (Å²) in [7, 11) is 1.87. The highest BCUT2D eigenvalue weighted by atomic mass is 16.5. The van der Waals surface area contributed by atoms with Crippen LogP contribution in [-0.4, -0.2) is 59.3 Å². The summed E-state index contributed by atoms with van der Waals surface area (Å²) in [6, 6.07) is 13.5. The SMILES string of the molecule is CCOC(=O)c1ccc(C(c2ccc3nnn(C)c3c2)n2ccnc2)cc1.O=C(O)C(=O)O. The number of fused-ring (bicyclic) bond motifs is 1. The molecule has 0 aliphatic heterocycles. The zero-order valence-electron chi connectivity index (χ0n) is 17.8. The Bertz CT molecular complexity index is 1250. The minimum Gasteiger partial charge on any atom is -0.473 e. The van der Waals surface area contributed by atoms with Crippen LogP contribution in [0.2, 0.25) is 0 Å². The summed E-state index contributed by atoms with van der Waals surface area (Å²) in [5, 5.41) is 23.0. The highest BCUT2D eigenvalue weighted by molar-refractivity contribution is 6.27. The van der Waals surface area contributed by atoms with Crippen LogP contribution in [0.15, 0.2) is 61.2 Å². The molecular formula is C22H21N5O6. The van der Waals surface area contributed by atoms with Gasteiger partial charge in [0, 0.05) is 19.4 Å². The van der Waals surface area contributed by atoms with Crippen LogP contribution >= 0.6 is 0 Å². The van der Waals surface area contributed by atoms with Gasteiger partial charge in [0.2, 0.25) is 0 Å². The van der Waals surface area contributed by atoms with E-state index in [9.17, 15) is 4.79 Å². The standard InChI is InChI=1S/C20H19N5O2.C2H2O4/c1-3-27-20(26)15-6-4-14(5-7-15)19(25-11-10-21-13-25)16-8-9-17-18(12-16)24(2)23-22-17;3-1(4)2(5)6/h4-13,19H,3H2,1-2H3;(H,3,4)(H,5,6). The molecule has 2 aromatic heterocycles. The third kappa shape index (κ3) is 5.39. The van der Waals surface area contributed by atoms with Crippen molar-refractivity contribution in [3.05, 3.63) is 77.9 Å². The Labute approximate surface area is 187 Å². The van der Waals surface area contributed by atoms with E-state index in [4.69, 9.17) is 24.5 Å². The first-order valence-corrected chi connectivity index (χ1v) is 9.81. The molecule has 4 aromatic rings. The fraction of sp³-hybridized carbons (Fsp3) is 0.182. The molecule has 1 unspecified atom stereocenters. The first kappa shape index (κ1) is 23.1. The number of carboxylic acids is 2. The Morgan fingerprint density at radius 1 is 1.03 bits per heavy atom. The van der Waals surface area contributed by atoms with Crippen molar-refractivity contribution in [2.24, 2.45) is 7.05 Å². The van der Waals surface area contributed by atoms with Gasteiger partial charge in [-0.15, -0.1) is 5.10 Å². The van der Waals surface area contributed by atoms with Crippen molar-refractivity contribution in [1.82, 2.24) is 24.5 Å². The zero-order valence-corrected chi connectivity index (χ0v) is 17.8. The number of aliphatic carboxylic acids is 2. The molecule has 2 aromatic carbocycles. The maximum atomic E-state index is 11.9. The van der Waals surface area contributed by atoms with Gasteiger partial charge in [0.1, 0.15) is 5.52 Å². The zero-order chi connectivity index (χ0) is 24.0. The first-order chi connectivity index (χ1) is 15.8. The molecule has 4 rings (SSSR count). The molecule has 0 saturated carbocycles. The van der Waals surface area contributed by atoms with Gasteiger partial charge < -0.3 is 19.5 Å². The molecule has 0 spiro atoms. The Kier molecular flexibility index (Phi) is 7.13. The molecule has 11 heteroatoms. The summed E-state index contributed by atoms with van der Waals surface area (Å²) < 4.78 is 8.86. The molecule has 0 bridgehead atoms. The van der Waals surface area contributed by atoms with Gasteiger partial charge in [-0.3, -0.25) is 0 Å². The highest BCUT2D eigenvalue weighted by Crippen LogP contribution is 2.29. The normalized spacial score (nSPS) is 11.3. The van der Waals surface area contributed by atoms with Gasteiger partial charge in [0.05, 0.1) is 30.1 Å². The van der Waals surface area contributed by atoms with Crippen LogP contribution in [0.1, 0.15) is 34.5 Å². The third-order valence-corrected chi connectivity index (χ3v) is 4.69. The van der Waals surface area contributed by atoms with Crippen molar-refractivity contribution >= 4 is 28.9 Å². The molecule has 170 valence electrons. The Hall–Kier alpha value is -4.54. The Balaban J connectivity index is 0.000000454. The van der Waals surface area contributed by atoms with Crippen LogP contribution < -0.4 is 0 Å². The number of imidazole rings is 1. The molecule has 0 amide bonds. The maximum Gasteiger partial charge on any atom is 0.414 e. The molecule has 0 aliphatic carbocycles. The van der Waals surface area contributed by atoms with Crippen molar-refractivity contribution in [2.75, 3.05) is 6.61 Å². The van der Waals surface area contributed by atoms with E-state index < -0.39 is 11.9 Å². The summed E-state index contributed by atoms with van der Waals surface area (Å²) in [5.74, 6) is -3.96. The van der Waals surface area contributed by atoms with Gasteiger partial charge in [0.25, 0.3) is 0 Å². The van der Waals surface area contributed by atoms with E-state index in [-0.39, 0.29) is 12.0 Å². The van der Waals surface area contributed by atoms with Crippen molar-refractivity contribution in [3.63, 3.8) is 0 Å². The average Bonchev–Trinajstić information content (AvgIpc) is 3.45. The molecule has 11 nitrogen and oxygen atoms in total. The number of benzene rings is 2. The van der Waals surface area contributed by atoms with Crippen molar-refractivity contribution in [3.8, 4) is 0 Å². The molecule has 0 radical (unpaired) electrons. The van der Waals surface area contributed by atoms with Crippen molar-refractivity contribution < 1.29 is 29.3 Å². The number of nitrogens with zero attached hydrogens (tertiary/aromatic N) is 5. The highest BCUT2D eigenvalue weighted by Gasteiger charge is 2.18. The molecule has 33 heavy (non-hydrogen) atoms. The van der Waals surface area contributed by atoms with Gasteiger partial charge >= 0.3 is 17.9 Å². The predicted molar refractivity (Wildman–Crippen MR) is 116 cm³/mol. The van der Waals surface area contributed by atoms with E-state index in [0.717, 1.165) is 22.2 Å². The summed E-state index contributed by atoms with van der Waals surface area (Å²) in [6.45, 7) is 2.15. The quantitative estimate of drug-likeness (QED) is 0.344. The van der Waals surface area contributed by atoms with Gasteiger partial charge in [-0.05, 0) is 42.3 Å². The van der Waals surface area contributed by atoms with Crippen molar-refractivity contribution in [1.29, 1.82) is 0 Å². The van der Waals surface area contributed by atoms with Gasteiger partial charge in [-0.1, -0.05) is 23.4 Å². The molecule has 1 atom stereocenters. The van der Waals surface area contributed by atoms with E-state index in [0.29, 0.717) is 12.2 Å². The fourth-order valence-electron chi connectivity index (χ4n) is 3.19. The van der Waals surface area contributed by atoms with E-state index in [1.165, 1.54) is 0 Å². The number of hydrogen-bond donors (Lipinski definition) is 2. The van der Waals surface area contributed by atoms with Crippen LogP contribution in [0.4, 0.5) is 0 Å². The molecule has 0 saturated heterocycles. The topological polar surface area (TPSA) is 149 Å². The summed E-state index contributed by atoms with van der Waals surface area (Å²) in [6.07, 6.45) is 5.47. The van der Waals surface area contributed by atoms with Gasteiger partial charge in [-0.2, -0.15) is 0 Å². The van der Waals surface area contributed by atoms with E-state index in [1.807, 2.05) is 42.1 Å². The van der Waals surface area contributed by atoms with Crippen LogP contribution in [0.3, 0.4) is 0 Å². The number of aryl methyl sites for hydroxylation is 1.